The van der Waals surface area contributed by atoms with Gasteiger partial charge in [-0.2, -0.15) is 0 Å². The predicted octanol–water partition coefficient (Wildman–Crippen LogP) is 4.41. The zero-order valence-corrected chi connectivity index (χ0v) is 14.3. The molecule has 0 saturated carbocycles. The first-order valence-electron chi connectivity index (χ1n) is 8.17. The van der Waals surface area contributed by atoms with Crippen LogP contribution < -0.4 is 10.1 Å². The van der Waals surface area contributed by atoms with Gasteiger partial charge in [0.15, 0.2) is 0 Å². The van der Waals surface area contributed by atoms with Crippen molar-refractivity contribution >= 4 is 16.7 Å². The molecule has 0 unspecified atom stereocenters. The number of fused-ring (bicyclic) bond motifs is 1. The minimum Gasteiger partial charge on any atom is -0.497 e. The molecule has 0 fully saturated rings. The van der Waals surface area contributed by atoms with E-state index < -0.39 is 0 Å². The number of carbonyl (C=O) groups is 1. The molecule has 3 aromatic carbocycles. The van der Waals surface area contributed by atoms with Gasteiger partial charge in [-0.1, -0.05) is 42.5 Å². The third-order valence-electron chi connectivity index (χ3n) is 4.38. The molecule has 3 rings (SSSR count). The van der Waals surface area contributed by atoms with Gasteiger partial charge >= 0.3 is 0 Å². The fraction of sp³-hybridized carbons (Fsp3) is 0.190. The topological polar surface area (TPSA) is 38.3 Å². The summed E-state index contributed by atoms with van der Waals surface area (Å²) in [5.41, 5.74) is 1.40. The number of benzene rings is 3. The molecule has 1 N–H and O–H groups in total. The Labute approximate surface area is 146 Å². The normalized spacial score (nSPS) is 12.0. The van der Waals surface area contributed by atoms with Crippen molar-refractivity contribution in [2.45, 2.75) is 19.4 Å². The number of hydrogen-bond acceptors (Lipinski definition) is 2. The van der Waals surface area contributed by atoms with Gasteiger partial charge in [0, 0.05) is 12.1 Å². The molecule has 0 aromatic heterocycles. The second kappa shape index (κ2) is 7.34. The quantitative estimate of drug-likeness (QED) is 0.749. The van der Waals surface area contributed by atoms with E-state index in [2.05, 4.69) is 5.32 Å². The highest BCUT2D eigenvalue weighted by atomic mass is 19.1. The van der Waals surface area contributed by atoms with Gasteiger partial charge in [-0.3, -0.25) is 4.79 Å². The minimum atomic E-state index is -0.321. The first-order chi connectivity index (χ1) is 12.1. The van der Waals surface area contributed by atoms with Crippen LogP contribution in [0.4, 0.5) is 4.39 Å². The average Bonchev–Trinajstić information content (AvgIpc) is 2.65. The van der Waals surface area contributed by atoms with Gasteiger partial charge in [-0.05, 0) is 41.5 Å². The number of carbonyl (C=O) groups excluding carboxylic acids is 1. The van der Waals surface area contributed by atoms with Crippen LogP contribution in [-0.4, -0.2) is 13.0 Å². The molecule has 0 saturated heterocycles. The number of rotatable bonds is 5. The van der Waals surface area contributed by atoms with Gasteiger partial charge in [0.2, 0.25) is 5.91 Å². The second-order valence-electron chi connectivity index (χ2n) is 6.00. The zero-order valence-electron chi connectivity index (χ0n) is 14.3. The summed E-state index contributed by atoms with van der Waals surface area (Å²) in [6.07, 6.45) is 0. The number of amides is 1. The van der Waals surface area contributed by atoms with E-state index in [4.69, 9.17) is 4.74 Å². The molecular formula is C21H20FNO2. The lowest BCUT2D eigenvalue weighted by Gasteiger charge is -2.14. The first-order valence-corrected chi connectivity index (χ1v) is 8.17. The summed E-state index contributed by atoms with van der Waals surface area (Å²) in [4.78, 5) is 12.4. The highest BCUT2D eigenvalue weighted by molar-refractivity contribution is 5.88. The maximum absolute atomic E-state index is 13.6. The Morgan fingerprint density at radius 3 is 2.56 bits per heavy atom. The molecule has 1 amide bonds. The largest absolute Gasteiger partial charge is 0.497 e. The Morgan fingerprint density at radius 2 is 1.80 bits per heavy atom. The highest BCUT2D eigenvalue weighted by Crippen LogP contribution is 2.25. The van der Waals surface area contributed by atoms with Crippen LogP contribution in [0.2, 0.25) is 0 Å². The average molecular weight is 337 g/mol. The Morgan fingerprint density at radius 1 is 1.08 bits per heavy atom. The molecule has 0 spiro atoms. The van der Waals surface area contributed by atoms with Crippen molar-refractivity contribution in [1.29, 1.82) is 0 Å². The maximum atomic E-state index is 13.6. The zero-order chi connectivity index (χ0) is 17.8. The first kappa shape index (κ1) is 17.0. The van der Waals surface area contributed by atoms with Crippen molar-refractivity contribution in [1.82, 2.24) is 5.32 Å². The van der Waals surface area contributed by atoms with Crippen LogP contribution in [0.1, 0.15) is 24.0 Å². The Balaban J connectivity index is 1.73. The SMILES string of the molecule is COc1ccc2cc([C@H](C)C(=O)NCc3ccccc3F)ccc2c1. The number of halogens is 1. The van der Waals surface area contributed by atoms with Crippen LogP contribution >= 0.6 is 0 Å². The molecule has 0 radical (unpaired) electrons. The standard InChI is InChI=1S/C21H20FNO2/c1-14(21(24)23-13-18-5-3-4-6-20(18)22)15-7-8-17-12-19(25-2)10-9-16(17)11-15/h3-12,14H,13H2,1-2H3,(H,23,24)/t14-/m0/s1. The molecule has 0 aliphatic rings. The lowest BCUT2D eigenvalue weighted by molar-refractivity contribution is -0.122. The van der Waals surface area contributed by atoms with Crippen LogP contribution in [0, 0.1) is 5.82 Å². The van der Waals surface area contributed by atoms with Crippen molar-refractivity contribution in [2.75, 3.05) is 7.11 Å². The Kier molecular flexibility index (Phi) is 4.98. The minimum absolute atomic E-state index is 0.129. The molecule has 4 heteroatoms. The third kappa shape index (κ3) is 3.79. The number of hydrogen-bond donors (Lipinski definition) is 1. The Bertz CT molecular complexity index is 907. The molecule has 128 valence electrons. The van der Waals surface area contributed by atoms with Gasteiger partial charge in [0.25, 0.3) is 0 Å². The van der Waals surface area contributed by atoms with Crippen LogP contribution in [0.25, 0.3) is 10.8 Å². The summed E-state index contributed by atoms with van der Waals surface area (Å²) in [6, 6.07) is 18.2. The van der Waals surface area contributed by atoms with E-state index in [0.29, 0.717) is 5.56 Å². The molecule has 1 atom stereocenters. The lowest BCUT2D eigenvalue weighted by Crippen LogP contribution is -2.27. The summed E-state index contributed by atoms with van der Waals surface area (Å²) >= 11 is 0. The van der Waals surface area contributed by atoms with E-state index in [-0.39, 0.29) is 24.2 Å². The summed E-state index contributed by atoms with van der Waals surface area (Å²) < 4.78 is 18.9. The summed E-state index contributed by atoms with van der Waals surface area (Å²) in [7, 11) is 1.64. The van der Waals surface area contributed by atoms with E-state index in [9.17, 15) is 9.18 Å². The van der Waals surface area contributed by atoms with E-state index in [1.807, 2.05) is 43.3 Å². The second-order valence-corrected chi connectivity index (χ2v) is 6.00. The molecule has 3 nitrogen and oxygen atoms in total. The summed E-state index contributed by atoms with van der Waals surface area (Å²) in [5.74, 6) is 0.0421. The van der Waals surface area contributed by atoms with Crippen molar-refractivity contribution in [3.8, 4) is 5.75 Å². The van der Waals surface area contributed by atoms with E-state index in [1.54, 1.807) is 25.3 Å². The summed E-state index contributed by atoms with van der Waals surface area (Å²) in [5, 5.41) is 4.91. The van der Waals surface area contributed by atoms with Crippen LogP contribution in [0.3, 0.4) is 0 Å². The third-order valence-corrected chi connectivity index (χ3v) is 4.38. The van der Waals surface area contributed by atoms with Crippen LogP contribution in [-0.2, 0) is 11.3 Å². The molecule has 3 aromatic rings. The predicted molar refractivity (Wildman–Crippen MR) is 97.2 cm³/mol. The van der Waals surface area contributed by atoms with E-state index in [1.165, 1.54) is 6.07 Å². The van der Waals surface area contributed by atoms with Gasteiger partial charge in [0.05, 0.1) is 13.0 Å². The van der Waals surface area contributed by atoms with Crippen LogP contribution in [0.15, 0.2) is 60.7 Å². The van der Waals surface area contributed by atoms with Crippen molar-refractivity contribution in [2.24, 2.45) is 0 Å². The number of methoxy groups -OCH3 is 1. The fourth-order valence-corrected chi connectivity index (χ4v) is 2.77. The van der Waals surface area contributed by atoms with Crippen molar-refractivity contribution in [3.05, 3.63) is 77.6 Å². The molecule has 25 heavy (non-hydrogen) atoms. The number of nitrogens with one attached hydrogen (secondary N) is 1. The van der Waals surface area contributed by atoms with Gasteiger partial charge in [0.1, 0.15) is 11.6 Å². The van der Waals surface area contributed by atoms with Gasteiger partial charge < -0.3 is 10.1 Å². The molecule has 0 heterocycles. The molecule has 0 aliphatic heterocycles. The molecule has 0 aliphatic carbocycles. The van der Waals surface area contributed by atoms with Gasteiger partial charge in [-0.15, -0.1) is 0 Å². The Hall–Kier alpha value is -2.88. The molecule has 0 bridgehead atoms. The monoisotopic (exact) mass is 337 g/mol. The van der Waals surface area contributed by atoms with E-state index >= 15 is 0 Å². The summed E-state index contributed by atoms with van der Waals surface area (Å²) in [6.45, 7) is 2.03. The smallest absolute Gasteiger partial charge is 0.227 e. The van der Waals surface area contributed by atoms with Gasteiger partial charge in [-0.25, -0.2) is 4.39 Å². The number of ether oxygens (including phenoxy) is 1. The maximum Gasteiger partial charge on any atom is 0.227 e. The fourth-order valence-electron chi connectivity index (χ4n) is 2.77. The van der Waals surface area contributed by atoms with Crippen molar-refractivity contribution in [3.63, 3.8) is 0 Å². The van der Waals surface area contributed by atoms with Crippen LogP contribution in [0.5, 0.6) is 5.75 Å². The lowest BCUT2D eigenvalue weighted by atomic mass is 9.97. The van der Waals surface area contributed by atoms with Crippen molar-refractivity contribution < 1.29 is 13.9 Å². The van der Waals surface area contributed by atoms with E-state index in [0.717, 1.165) is 22.1 Å². The molecular weight excluding hydrogens is 317 g/mol. The highest BCUT2D eigenvalue weighted by Gasteiger charge is 2.16.